The first kappa shape index (κ1) is 13.8. The van der Waals surface area contributed by atoms with Crippen LogP contribution in [0.2, 0.25) is 0 Å². The highest BCUT2D eigenvalue weighted by Crippen LogP contribution is 2.29. The Kier molecular flexibility index (Phi) is 4.00. The van der Waals surface area contributed by atoms with Crippen LogP contribution in [-0.2, 0) is 19.4 Å². The molecule has 2 aromatic carbocycles. The van der Waals surface area contributed by atoms with Crippen molar-refractivity contribution < 1.29 is 9.84 Å². The second kappa shape index (κ2) is 6.08. The van der Waals surface area contributed by atoms with Gasteiger partial charge in [0.05, 0.1) is 7.11 Å². The van der Waals surface area contributed by atoms with Crippen molar-refractivity contribution in [3.8, 4) is 11.5 Å². The number of ether oxygens (including phenoxy) is 1. The third-order valence-corrected chi connectivity index (χ3v) is 4.15. The number of aromatic hydroxyl groups is 1. The summed E-state index contributed by atoms with van der Waals surface area (Å²) < 4.78 is 5.21. The molecular formula is C18H21NO2. The Bertz CT molecular complexity index is 637. The Labute approximate surface area is 125 Å². The highest BCUT2D eigenvalue weighted by atomic mass is 16.5. The predicted octanol–water partition coefficient (Wildman–Crippen LogP) is 3.89. The van der Waals surface area contributed by atoms with Gasteiger partial charge in [-0.15, -0.1) is 0 Å². The molecule has 3 rings (SSSR count). The lowest BCUT2D eigenvalue weighted by Crippen LogP contribution is -2.08. The molecule has 3 nitrogen and oxygen atoms in total. The summed E-state index contributed by atoms with van der Waals surface area (Å²) in [5.74, 6) is 1.06. The van der Waals surface area contributed by atoms with E-state index in [9.17, 15) is 5.11 Å². The van der Waals surface area contributed by atoms with Gasteiger partial charge in [0.25, 0.3) is 0 Å². The molecule has 0 saturated heterocycles. The van der Waals surface area contributed by atoms with Crippen LogP contribution < -0.4 is 10.1 Å². The summed E-state index contributed by atoms with van der Waals surface area (Å²) in [4.78, 5) is 0. The van der Waals surface area contributed by atoms with Crippen LogP contribution in [0.15, 0.2) is 36.4 Å². The number of methoxy groups -OCH3 is 1. The predicted molar refractivity (Wildman–Crippen MR) is 85.1 cm³/mol. The van der Waals surface area contributed by atoms with Crippen molar-refractivity contribution in [2.45, 2.75) is 32.2 Å². The lowest BCUT2D eigenvalue weighted by molar-refractivity contribution is 0.411. The number of fused-ring (bicyclic) bond motifs is 1. The fourth-order valence-corrected chi connectivity index (χ4v) is 2.97. The molecule has 0 saturated carbocycles. The van der Waals surface area contributed by atoms with Crippen LogP contribution in [0, 0.1) is 0 Å². The molecule has 0 aromatic heterocycles. The Balaban J connectivity index is 1.79. The fraction of sp³-hybridized carbons (Fsp3) is 0.333. The van der Waals surface area contributed by atoms with Gasteiger partial charge in [-0.25, -0.2) is 0 Å². The summed E-state index contributed by atoms with van der Waals surface area (Å²) in [5, 5.41) is 13.4. The maximum absolute atomic E-state index is 9.95. The zero-order chi connectivity index (χ0) is 14.7. The van der Waals surface area contributed by atoms with Gasteiger partial charge in [0.15, 0.2) is 0 Å². The van der Waals surface area contributed by atoms with Gasteiger partial charge in [0.2, 0.25) is 0 Å². The topological polar surface area (TPSA) is 41.5 Å². The van der Waals surface area contributed by atoms with Crippen molar-refractivity contribution in [2.75, 3.05) is 12.4 Å². The zero-order valence-electron chi connectivity index (χ0n) is 12.4. The van der Waals surface area contributed by atoms with E-state index in [0.717, 1.165) is 17.7 Å². The summed E-state index contributed by atoms with van der Waals surface area (Å²) >= 11 is 0. The van der Waals surface area contributed by atoms with Crippen LogP contribution >= 0.6 is 0 Å². The van der Waals surface area contributed by atoms with Crippen molar-refractivity contribution in [3.05, 3.63) is 53.1 Å². The summed E-state index contributed by atoms with van der Waals surface area (Å²) in [6.45, 7) is 0.597. The molecule has 2 N–H and O–H groups in total. The van der Waals surface area contributed by atoms with Gasteiger partial charge in [-0.3, -0.25) is 0 Å². The Hall–Kier alpha value is -2.16. The number of phenols is 1. The molecule has 2 aromatic rings. The van der Waals surface area contributed by atoms with Gasteiger partial charge in [0.1, 0.15) is 11.5 Å². The Morgan fingerprint density at radius 2 is 2.00 bits per heavy atom. The third-order valence-electron chi connectivity index (χ3n) is 4.15. The Morgan fingerprint density at radius 3 is 2.86 bits per heavy atom. The van der Waals surface area contributed by atoms with Crippen LogP contribution in [0.25, 0.3) is 0 Å². The van der Waals surface area contributed by atoms with Gasteiger partial charge in [-0.1, -0.05) is 12.1 Å². The maximum Gasteiger partial charge on any atom is 0.120 e. The molecule has 0 radical (unpaired) electrons. The molecule has 0 amide bonds. The number of nitrogens with one attached hydrogen (secondary N) is 1. The van der Waals surface area contributed by atoms with Crippen molar-refractivity contribution in [3.63, 3.8) is 0 Å². The summed E-state index contributed by atoms with van der Waals surface area (Å²) in [7, 11) is 1.64. The minimum absolute atomic E-state index is 0.299. The molecule has 0 fully saturated rings. The molecule has 21 heavy (non-hydrogen) atoms. The van der Waals surface area contributed by atoms with Crippen LogP contribution in [0.3, 0.4) is 0 Å². The summed E-state index contributed by atoms with van der Waals surface area (Å²) in [5.41, 5.74) is 4.93. The molecule has 3 heteroatoms. The maximum atomic E-state index is 9.95. The number of benzene rings is 2. The monoisotopic (exact) mass is 283 g/mol. The second-order valence-electron chi connectivity index (χ2n) is 5.50. The van der Waals surface area contributed by atoms with Gasteiger partial charge in [-0.2, -0.15) is 0 Å². The lowest BCUT2D eigenvalue weighted by atomic mass is 9.90. The number of phenolic OH excluding ortho intramolecular Hbond substituents is 1. The molecule has 0 bridgehead atoms. The molecule has 0 atom stereocenters. The highest BCUT2D eigenvalue weighted by molar-refractivity contribution is 5.56. The lowest BCUT2D eigenvalue weighted by Gasteiger charge is -2.20. The first-order valence-corrected chi connectivity index (χ1v) is 7.48. The summed E-state index contributed by atoms with van der Waals surface area (Å²) in [6.07, 6.45) is 4.86. The van der Waals surface area contributed by atoms with Crippen LogP contribution in [0.1, 0.15) is 29.5 Å². The fourth-order valence-electron chi connectivity index (χ4n) is 2.97. The molecule has 0 aliphatic heterocycles. The second-order valence-corrected chi connectivity index (χ2v) is 5.50. The molecule has 110 valence electrons. The van der Waals surface area contributed by atoms with Gasteiger partial charge < -0.3 is 15.2 Å². The van der Waals surface area contributed by atoms with E-state index in [1.165, 1.54) is 36.1 Å². The van der Waals surface area contributed by atoms with E-state index in [0.29, 0.717) is 12.3 Å². The smallest absolute Gasteiger partial charge is 0.120 e. The van der Waals surface area contributed by atoms with E-state index >= 15 is 0 Å². The highest BCUT2D eigenvalue weighted by Gasteiger charge is 2.13. The van der Waals surface area contributed by atoms with Crippen molar-refractivity contribution in [2.24, 2.45) is 0 Å². The summed E-state index contributed by atoms with van der Waals surface area (Å²) in [6, 6.07) is 11.8. The van der Waals surface area contributed by atoms with Crippen molar-refractivity contribution >= 4 is 5.69 Å². The molecular weight excluding hydrogens is 262 g/mol. The largest absolute Gasteiger partial charge is 0.508 e. The molecule has 0 heterocycles. The quantitative estimate of drug-likeness (QED) is 0.894. The van der Waals surface area contributed by atoms with E-state index in [1.807, 2.05) is 6.07 Å². The zero-order valence-corrected chi connectivity index (χ0v) is 12.4. The number of aryl methyl sites for hydroxylation is 1. The molecule has 0 unspecified atom stereocenters. The number of anilines is 1. The van der Waals surface area contributed by atoms with Crippen LogP contribution in [0.5, 0.6) is 11.5 Å². The van der Waals surface area contributed by atoms with Gasteiger partial charge in [-0.05, 0) is 61.1 Å². The van der Waals surface area contributed by atoms with E-state index < -0.39 is 0 Å². The average Bonchev–Trinajstić information content (AvgIpc) is 2.54. The normalized spacial score (nSPS) is 13.6. The first-order valence-electron chi connectivity index (χ1n) is 7.48. The number of hydrogen-bond donors (Lipinski definition) is 2. The van der Waals surface area contributed by atoms with Crippen molar-refractivity contribution in [1.29, 1.82) is 0 Å². The minimum Gasteiger partial charge on any atom is -0.508 e. The first-order chi connectivity index (χ1) is 10.3. The molecule has 1 aliphatic rings. The van der Waals surface area contributed by atoms with E-state index in [4.69, 9.17) is 4.74 Å². The minimum atomic E-state index is 0.299. The third kappa shape index (κ3) is 2.97. The van der Waals surface area contributed by atoms with E-state index in [-0.39, 0.29) is 0 Å². The Morgan fingerprint density at radius 1 is 1.14 bits per heavy atom. The number of rotatable bonds is 4. The van der Waals surface area contributed by atoms with E-state index in [1.54, 1.807) is 19.2 Å². The molecule has 0 spiro atoms. The van der Waals surface area contributed by atoms with Crippen LogP contribution in [0.4, 0.5) is 5.69 Å². The van der Waals surface area contributed by atoms with Crippen molar-refractivity contribution in [1.82, 2.24) is 0 Å². The standard InChI is InChI=1S/C18H21NO2/c1-21-15-9-10-18(20)14(11-15)12-19-17-8-4-6-13-5-2-3-7-16(13)17/h4,6,8-11,19-20H,2-3,5,7,12H2,1H3. The van der Waals surface area contributed by atoms with Gasteiger partial charge >= 0.3 is 0 Å². The average molecular weight is 283 g/mol. The number of hydrogen-bond acceptors (Lipinski definition) is 3. The molecule has 1 aliphatic carbocycles. The SMILES string of the molecule is COc1ccc(O)c(CNc2cccc3c2CCCC3)c1. The van der Waals surface area contributed by atoms with Gasteiger partial charge in [0, 0.05) is 17.8 Å². The van der Waals surface area contributed by atoms with E-state index in [2.05, 4.69) is 23.5 Å². The van der Waals surface area contributed by atoms with Crippen LogP contribution in [-0.4, -0.2) is 12.2 Å².